The number of nitrogens with zero attached hydrogens (tertiary/aromatic N) is 3. The Morgan fingerprint density at radius 2 is 1.75 bits per heavy atom. The maximum absolute atomic E-state index is 11.0. The summed E-state index contributed by atoms with van der Waals surface area (Å²) in [5.74, 6) is 2.28. The summed E-state index contributed by atoms with van der Waals surface area (Å²) in [5.41, 5.74) is 8.11. The van der Waals surface area contributed by atoms with Crippen molar-refractivity contribution in [1.82, 2.24) is 14.8 Å². The van der Waals surface area contributed by atoms with Crippen LogP contribution in [0.1, 0.15) is 5.56 Å². The number of hydrogen-bond donors (Lipinski definition) is 1. The van der Waals surface area contributed by atoms with Crippen LogP contribution in [0.4, 0.5) is 0 Å². The first-order valence-corrected chi connectivity index (χ1v) is 10.9. The number of nitrogens with two attached hydrogens (primary N) is 1. The highest BCUT2D eigenvalue weighted by Gasteiger charge is 2.16. The summed E-state index contributed by atoms with van der Waals surface area (Å²) in [6.45, 7) is -0.149. The van der Waals surface area contributed by atoms with Crippen molar-refractivity contribution in [2.24, 2.45) is 5.73 Å². The number of primary amides is 1. The first kappa shape index (κ1) is 21.5. The normalized spacial score (nSPS) is 10.7. The van der Waals surface area contributed by atoms with Crippen LogP contribution >= 0.6 is 11.8 Å². The molecule has 3 aromatic carbocycles. The Kier molecular flexibility index (Phi) is 6.72. The fourth-order valence-electron chi connectivity index (χ4n) is 3.13. The Bertz CT molecular complexity index is 1190. The molecule has 162 valence electrons. The number of amides is 1. The largest absolute Gasteiger partial charge is 0.497 e. The van der Waals surface area contributed by atoms with E-state index in [2.05, 4.69) is 10.2 Å². The zero-order valence-electron chi connectivity index (χ0n) is 17.5. The van der Waals surface area contributed by atoms with Gasteiger partial charge >= 0.3 is 0 Å². The molecule has 4 aromatic rings. The molecule has 0 fully saturated rings. The van der Waals surface area contributed by atoms with Crippen LogP contribution in [0.15, 0.2) is 84.0 Å². The second-order valence-electron chi connectivity index (χ2n) is 6.90. The third kappa shape index (κ3) is 5.09. The lowest BCUT2D eigenvalue weighted by molar-refractivity contribution is -0.119. The van der Waals surface area contributed by atoms with Crippen LogP contribution < -0.4 is 15.2 Å². The quantitative estimate of drug-likeness (QED) is 0.389. The summed E-state index contributed by atoms with van der Waals surface area (Å²) < 4.78 is 12.7. The fourth-order valence-corrected chi connectivity index (χ4v) is 4.02. The number of rotatable bonds is 9. The van der Waals surface area contributed by atoms with E-state index < -0.39 is 5.91 Å². The number of ether oxygens (including phenoxy) is 2. The highest BCUT2D eigenvalue weighted by Crippen LogP contribution is 2.31. The number of thioether (sulfide) groups is 1. The standard InChI is InChI=1S/C24H22N4O3S/c1-30-20-12-10-18(11-13-20)23-26-27-24(28(23)19-7-3-2-4-8-19)32-16-17-6-5-9-21(14-17)31-15-22(25)29/h2-14H,15-16H2,1H3,(H2,25,29). The number of carbonyl (C=O) groups excluding carboxylic acids is 1. The van der Waals surface area contributed by atoms with E-state index in [1.807, 2.05) is 77.4 Å². The summed E-state index contributed by atoms with van der Waals surface area (Å²) in [6, 6.07) is 25.3. The van der Waals surface area contributed by atoms with Crippen molar-refractivity contribution in [1.29, 1.82) is 0 Å². The molecule has 0 bridgehead atoms. The smallest absolute Gasteiger partial charge is 0.255 e. The summed E-state index contributed by atoms with van der Waals surface area (Å²) in [7, 11) is 1.64. The molecule has 0 radical (unpaired) electrons. The second-order valence-corrected chi connectivity index (χ2v) is 7.84. The van der Waals surface area contributed by atoms with Gasteiger partial charge in [0.2, 0.25) is 0 Å². The van der Waals surface area contributed by atoms with Crippen LogP contribution in [0.2, 0.25) is 0 Å². The number of methoxy groups -OCH3 is 1. The molecular weight excluding hydrogens is 424 g/mol. The van der Waals surface area contributed by atoms with Gasteiger partial charge in [0, 0.05) is 17.0 Å². The van der Waals surface area contributed by atoms with Crippen LogP contribution in [-0.4, -0.2) is 34.4 Å². The fraction of sp³-hybridized carbons (Fsp3) is 0.125. The van der Waals surface area contributed by atoms with Gasteiger partial charge in [0.05, 0.1) is 7.11 Å². The number of aromatic nitrogens is 3. The van der Waals surface area contributed by atoms with E-state index >= 15 is 0 Å². The molecule has 4 rings (SSSR count). The molecular formula is C24H22N4O3S. The number of para-hydroxylation sites is 1. The minimum atomic E-state index is -0.508. The van der Waals surface area contributed by atoms with Gasteiger partial charge in [-0.25, -0.2) is 0 Å². The average Bonchev–Trinajstić information content (AvgIpc) is 3.26. The van der Waals surface area contributed by atoms with Crippen molar-refractivity contribution in [2.45, 2.75) is 10.9 Å². The zero-order valence-corrected chi connectivity index (χ0v) is 18.3. The van der Waals surface area contributed by atoms with E-state index in [0.717, 1.165) is 33.5 Å². The molecule has 2 N–H and O–H groups in total. The molecule has 1 aromatic heterocycles. The molecule has 0 aliphatic carbocycles. The summed E-state index contributed by atoms with van der Waals surface area (Å²) in [5, 5.41) is 9.70. The van der Waals surface area contributed by atoms with E-state index in [-0.39, 0.29) is 6.61 Å². The van der Waals surface area contributed by atoms with E-state index in [9.17, 15) is 4.79 Å². The van der Waals surface area contributed by atoms with Crippen LogP contribution in [0.5, 0.6) is 11.5 Å². The lowest BCUT2D eigenvalue weighted by Gasteiger charge is -2.11. The zero-order chi connectivity index (χ0) is 22.3. The van der Waals surface area contributed by atoms with Crippen molar-refractivity contribution in [3.05, 3.63) is 84.4 Å². The Morgan fingerprint density at radius 3 is 2.47 bits per heavy atom. The predicted octanol–water partition coefficient (Wildman–Crippen LogP) is 4.10. The maximum atomic E-state index is 11.0. The molecule has 0 aliphatic heterocycles. The van der Waals surface area contributed by atoms with Gasteiger partial charge in [0.1, 0.15) is 11.5 Å². The van der Waals surface area contributed by atoms with Gasteiger partial charge in [0.25, 0.3) is 5.91 Å². The lowest BCUT2D eigenvalue weighted by Crippen LogP contribution is -2.20. The minimum Gasteiger partial charge on any atom is -0.497 e. The molecule has 1 amide bonds. The Hall–Kier alpha value is -3.78. The maximum Gasteiger partial charge on any atom is 0.255 e. The summed E-state index contributed by atoms with van der Waals surface area (Å²) in [6.07, 6.45) is 0. The molecule has 8 heteroatoms. The molecule has 0 unspecified atom stereocenters. The van der Waals surface area contributed by atoms with Gasteiger partial charge in [-0.1, -0.05) is 42.1 Å². The first-order chi connectivity index (χ1) is 15.6. The molecule has 0 spiro atoms. The summed E-state index contributed by atoms with van der Waals surface area (Å²) >= 11 is 1.57. The second kappa shape index (κ2) is 10.0. The number of hydrogen-bond acceptors (Lipinski definition) is 6. The molecule has 32 heavy (non-hydrogen) atoms. The van der Waals surface area contributed by atoms with Crippen molar-refractivity contribution in [3.8, 4) is 28.6 Å². The highest BCUT2D eigenvalue weighted by molar-refractivity contribution is 7.98. The molecule has 0 saturated carbocycles. The van der Waals surface area contributed by atoms with Crippen molar-refractivity contribution in [2.75, 3.05) is 13.7 Å². The predicted molar refractivity (Wildman–Crippen MR) is 124 cm³/mol. The van der Waals surface area contributed by atoms with Gasteiger partial charge in [-0.2, -0.15) is 0 Å². The van der Waals surface area contributed by atoms with Gasteiger partial charge in [-0.05, 0) is 54.1 Å². The van der Waals surface area contributed by atoms with E-state index in [0.29, 0.717) is 11.5 Å². The van der Waals surface area contributed by atoms with Crippen molar-refractivity contribution >= 4 is 17.7 Å². The first-order valence-electron chi connectivity index (χ1n) is 9.92. The Balaban J connectivity index is 1.61. The summed E-state index contributed by atoms with van der Waals surface area (Å²) in [4.78, 5) is 11.0. The van der Waals surface area contributed by atoms with Gasteiger partial charge < -0.3 is 15.2 Å². The molecule has 0 aliphatic rings. The lowest BCUT2D eigenvalue weighted by atomic mass is 10.2. The third-order valence-electron chi connectivity index (χ3n) is 4.64. The SMILES string of the molecule is COc1ccc(-c2nnc(SCc3cccc(OCC(N)=O)c3)n2-c2ccccc2)cc1. The highest BCUT2D eigenvalue weighted by atomic mass is 32.2. The van der Waals surface area contributed by atoms with Crippen molar-refractivity contribution in [3.63, 3.8) is 0 Å². The molecule has 1 heterocycles. The minimum absolute atomic E-state index is 0.149. The number of carbonyl (C=O) groups is 1. The van der Waals surface area contributed by atoms with Gasteiger partial charge in [-0.15, -0.1) is 10.2 Å². The number of benzene rings is 3. The third-order valence-corrected chi connectivity index (χ3v) is 5.64. The van der Waals surface area contributed by atoms with E-state index in [1.54, 1.807) is 24.9 Å². The Labute approximate surface area is 190 Å². The van der Waals surface area contributed by atoms with Crippen LogP contribution in [0.3, 0.4) is 0 Å². The van der Waals surface area contributed by atoms with Gasteiger partial charge in [-0.3, -0.25) is 9.36 Å². The van der Waals surface area contributed by atoms with Crippen LogP contribution in [-0.2, 0) is 10.5 Å². The molecule has 0 atom stereocenters. The molecule has 7 nitrogen and oxygen atoms in total. The van der Waals surface area contributed by atoms with Crippen LogP contribution in [0.25, 0.3) is 17.1 Å². The Morgan fingerprint density at radius 1 is 0.969 bits per heavy atom. The topological polar surface area (TPSA) is 92.3 Å². The van der Waals surface area contributed by atoms with Crippen LogP contribution in [0, 0.1) is 0 Å². The van der Waals surface area contributed by atoms with Gasteiger partial charge in [0.15, 0.2) is 17.6 Å². The average molecular weight is 447 g/mol. The monoisotopic (exact) mass is 446 g/mol. The van der Waals surface area contributed by atoms with E-state index in [1.165, 1.54) is 0 Å². The molecule has 0 saturated heterocycles. The van der Waals surface area contributed by atoms with Crippen molar-refractivity contribution < 1.29 is 14.3 Å². The van der Waals surface area contributed by atoms with E-state index in [4.69, 9.17) is 15.2 Å².